The monoisotopic (exact) mass is 322 g/mol. The van der Waals surface area contributed by atoms with Crippen molar-refractivity contribution in [1.82, 2.24) is 9.38 Å². The van der Waals surface area contributed by atoms with Gasteiger partial charge in [-0.2, -0.15) is 0 Å². The molecule has 0 atom stereocenters. The molecule has 0 spiro atoms. The van der Waals surface area contributed by atoms with Crippen molar-refractivity contribution >= 4 is 22.9 Å². The molecular formula is C18H18N4O2. The van der Waals surface area contributed by atoms with Crippen molar-refractivity contribution in [3.05, 3.63) is 60.6 Å². The summed E-state index contributed by atoms with van der Waals surface area (Å²) in [6.45, 7) is 3.24. The Morgan fingerprint density at radius 2 is 1.83 bits per heavy atom. The predicted octanol–water partition coefficient (Wildman–Crippen LogP) is 2.42. The number of carbonyl (C=O) groups is 1. The van der Waals surface area contributed by atoms with Crippen LogP contribution in [-0.2, 0) is 4.74 Å². The van der Waals surface area contributed by atoms with Crippen molar-refractivity contribution in [2.75, 3.05) is 36.5 Å². The molecule has 0 radical (unpaired) electrons. The summed E-state index contributed by atoms with van der Waals surface area (Å²) in [7, 11) is 0. The molecule has 3 aromatic rings. The number of amides is 1. The molecule has 6 heteroatoms. The number of imidazole rings is 1. The number of anilines is 2. The summed E-state index contributed by atoms with van der Waals surface area (Å²) in [5.41, 5.74) is 3.02. The summed E-state index contributed by atoms with van der Waals surface area (Å²) in [5.74, 6) is -0.210. The summed E-state index contributed by atoms with van der Waals surface area (Å²) in [4.78, 5) is 19.0. The Kier molecular flexibility index (Phi) is 3.88. The molecule has 1 aromatic carbocycles. The van der Waals surface area contributed by atoms with E-state index in [4.69, 9.17) is 4.74 Å². The number of pyridine rings is 1. The van der Waals surface area contributed by atoms with Crippen LogP contribution in [0.5, 0.6) is 0 Å². The van der Waals surface area contributed by atoms with Gasteiger partial charge in [0.2, 0.25) is 0 Å². The van der Waals surface area contributed by atoms with Crippen LogP contribution in [-0.4, -0.2) is 41.6 Å². The zero-order valence-electron chi connectivity index (χ0n) is 13.2. The number of rotatable bonds is 3. The SMILES string of the molecule is O=C(Nc1ccccc1)c1cn2cc(N3CCOCC3)ccc2n1. The van der Waals surface area contributed by atoms with E-state index in [9.17, 15) is 4.79 Å². The van der Waals surface area contributed by atoms with Crippen molar-refractivity contribution in [3.63, 3.8) is 0 Å². The third-order valence-electron chi connectivity index (χ3n) is 4.08. The largest absolute Gasteiger partial charge is 0.378 e. The van der Waals surface area contributed by atoms with Gasteiger partial charge in [-0.15, -0.1) is 0 Å². The fraction of sp³-hybridized carbons (Fsp3) is 0.222. The highest BCUT2D eigenvalue weighted by atomic mass is 16.5. The molecule has 1 aliphatic heterocycles. The van der Waals surface area contributed by atoms with Gasteiger partial charge in [0.1, 0.15) is 11.3 Å². The molecule has 122 valence electrons. The lowest BCUT2D eigenvalue weighted by Gasteiger charge is -2.28. The van der Waals surface area contributed by atoms with Crippen LogP contribution >= 0.6 is 0 Å². The zero-order chi connectivity index (χ0) is 16.4. The average Bonchev–Trinajstić information content (AvgIpc) is 3.07. The van der Waals surface area contributed by atoms with E-state index in [1.807, 2.05) is 53.1 Å². The highest BCUT2D eigenvalue weighted by Crippen LogP contribution is 2.18. The molecule has 0 aliphatic carbocycles. The first-order valence-corrected chi connectivity index (χ1v) is 7.97. The van der Waals surface area contributed by atoms with E-state index in [0.29, 0.717) is 5.69 Å². The van der Waals surface area contributed by atoms with Gasteiger partial charge in [-0.05, 0) is 24.3 Å². The number of benzene rings is 1. The van der Waals surface area contributed by atoms with E-state index < -0.39 is 0 Å². The number of morpholine rings is 1. The van der Waals surface area contributed by atoms with Crippen LogP contribution in [0, 0.1) is 0 Å². The minimum absolute atomic E-state index is 0.210. The Morgan fingerprint density at radius 1 is 1.04 bits per heavy atom. The topological polar surface area (TPSA) is 58.9 Å². The number of para-hydroxylation sites is 1. The first-order valence-electron chi connectivity index (χ1n) is 7.97. The molecule has 0 saturated carbocycles. The van der Waals surface area contributed by atoms with Gasteiger partial charge in [0.05, 0.1) is 18.9 Å². The first-order chi connectivity index (χ1) is 11.8. The Morgan fingerprint density at radius 3 is 2.62 bits per heavy atom. The van der Waals surface area contributed by atoms with Gasteiger partial charge in [-0.25, -0.2) is 4.98 Å². The van der Waals surface area contributed by atoms with Crippen molar-refractivity contribution < 1.29 is 9.53 Å². The lowest BCUT2D eigenvalue weighted by molar-refractivity contribution is 0.102. The van der Waals surface area contributed by atoms with E-state index in [2.05, 4.69) is 15.2 Å². The molecule has 1 N–H and O–H groups in total. The molecular weight excluding hydrogens is 304 g/mol. The summed E-state index contributed by atoms with van der Waals surface area (Å²) < 4.78 is 7.28. The Balaban J connectivity index is 1.57. The van der Waals surface area contributed by atoms with Crippen LogP contribution in [0.25, 0.3) is 5.65 Å². The number of hydrogen-bond donors (Lipinski definition) is 1. The maximum atomic E-state index is 12.4. The number of nitrogens with zero attached hydrogens (tertiary/aromatic N) is 3. The lowest BCUT2D eigenvalue weighted by Crippen LogP contribution is -2.36. The van der Waals surface area contributed by atoms with Crippen LogP contribution in [0.15, 0.2) is 54.9 Å². The summed E-state index contributed by atoms with van der Waals surface area (Å²) in [6.07, 6.45) is 3.77. The number of nitrogens with one attached hydrogen (secondary N) is 1. The van der Waals surface area contributed by atoms with Crippen molar-refractivity contribution in [2.24, 2.45) is 0 Å². The van der Waals surface area contributed by atoms with E-state index in [1.165, 1.54) is 0 Å². The summed E-state index contributed by atoms with van der Waals surface area (Å²) >= 11 is 0. The molecule has 1 saturated heterocycles. The quantitative estimate of drug-likeness (QED) is 0.804. The average molecular weight is 322 g/mol. The Hall–Kier alpha value is -2.86. The van der Waals surface area contributed by atoms with Gasteiger partial charge < -0.3 is 19.4 Å². The number of hydrogen-bond acceptors (Lipinski definition) is 4. The standard InChI is InChI=1S/C18H18N4O2/c23-18(19-14-4-2-1-3-5-14)16-13-22-12-15(6-7-17(22)20-16)21-8-10-24-11-9-21/h1-7,12-13H,8-11H2,(H,19,23). The fourth-order valence-electron chi connectivity index (χ4n) is 2.81. The van der Waals surface area contributed by atoms with E-state index >= 15 is 0 Å². The smallest absolute Gasteiger partial charge is 0.275 e. The second kappa shape index (κ2) is 6.33. The van der Waals surface area contributed by atoms with Gasteiger partial charge in [0, 0.05) is 31.2 Å². The van der Waals surface area contributed by atoms with Gasteiger partial charge in [0.15, 0.2) is 0 Å². The number of ether oxygens (including phenoxy) is 1. The molecule has 1 amide bonds. The second-order valence-corrected chi connectivity index (χ2v) is 5.70. The van der Waals surface area contributed by atoms with Crippen molar-refractivity contribution in [1.29, 1.82) is 0 Å². The minimum atomic E-state index is -0.210. The maximum Gasteiger partial charge on any atom is 0.275 e. The highest BCUT2D eigenvalue weighted by molar-refractivity contribution is 6.03. The normalized spacial score (nSPS) is 14.8. The molecule has 4 rings (SSSR count). The second-order valence-electron chi connectivity index (χ2n) is 5.70. The van der Waals surface area contributed by atoms with Crippen LogP contribution < -0.4 is 10.2 Å². The van der Waals surface area contributed by atoms with E-state index in [1.54, 1.807) is 6.20 Å². The van der Waals surface area contributed by atoms with Crippen LogP contribution in [0.4, 0.5) is 11.4 Å². The molecule has 2 aromatic heterocycles. The molecule has 0 unspecified atom stereocenters. The molecule has 6 nitrogen and oxygen atoms in total. The maximum absolute atomic E-state index is 12.4. The zero-order valence-corrected chi connectivity index (χ0v) is 13.2. The third kappa shape index (κ3) is 2.96. The van der Waals surface area contributed by atoms with Crippen LogP contribution in [0.3, 0.4) is 0 Å². The fourth-order valence-corrected chi connectivity index (χ4v) is 2.81. The lowest BCUT2D eigenvalue weighted by atomic mass is 10.3. The minimum Gasteiger partial charge on any atom is -0.378 e. The predicted molar refractivity (Wildman–Crippen MR) is 92.6 cm³/mol. The number of fused-ring (bicyclic) bond motifs is 1. The Labute approximate surface area is 139 Å². The first kappa shape index (κ1) is 14.7. The van der Waals surface area contributed by atoms with E-state index in [0.717, 1.165) is 43.3 Å². The molecule has 1 fully saturated rings. The third-order valence-corrected chi connectivity index (χ3v) is 4.08. The summed E-state index contributed by atoms with van der Waals surface area (Å²) in [6, 6.07) is 13.3. The van der Waals surface area contributed by atoms with Gasteiger partial charge in [0.25, 0.3) is 5.91 Å². The van der Waals surface area contributed by atoms with Crippen LogP contribution in [0.2, 0.25) is 0 Å². The van der Waals surface area contributed by atoms with Crippen molar-refractivity contribution in [3.8, 4) is 0 Å². The molecule has 1 aliphatic rings. The highest BCUT2D eigenvalue weighted by Gasteiger charge is 2.14. The molecule has 24 heavy (non-hydrogen) atoms. The summed E-state index contributed by atoms with van der Waals surface area (Å²) in [5, 5.41) is 2.86. The number of aromatic nitrogens is 2. The molecule has 0 bridgehead atoms. The van der Waals surface area contributed by atoms with E-state index in [-0.39, 0.29) is 5.91 Å². The van der Waals surface area contributed by atoms with Crippen LogP contribution in [0.1, 0.15) is 10.5 Å². The van der Waals surface area contributed by atoms with Crippen molar-refractivity contribution in [2.45, 2.75) is 0 Å². The molecule has 3 heterocycles. The van der Waals surface area contributed by atoms with Gasteiger partial charge in [-0.1, -0.05) is 18.2 Å². The van der Waals surface area contributed by atoms with Gasteiger partial charge >= 0.3 is 0 Å². The van der Waals surface area contributed by atoms with Gasteiger partial charge in [-0.3, -0.25) is 4.79 Å². The number of carbonyl (C=O) groups excluding carboxylic acids is 1. The Bertz CT molecular complexity index is 854.